The van der Waals surface area contributed by atoms with Crippen molar-refractivity contribution >= 4 is 11.3 Å². The number of rotatable bonds is 2. The zero-order chi connectivity index (χ0) is 12.5. The highest BCUT2D eigenvalue weighted by Crippen LogP contribution is 2.30. The van der Waals surface area contributed by atoms with Crippen LogP contribution in [0.3, 0.4) is 0 Å². The average Bonchev–Trinajstić information content (AvgIpc) is 2.99. The van der Waals surface area contributed by atoms with E-state index in [1.807, 2.05) is 13.8 Å². The molecule has 94 valence electrons. The molecule has 1 atom stereocenters. The molecule has 0 aromatic carbocycles. The standard InChI is InChI=1S/C14H17N3S/c1-9-6-11(7-10(2)16-9)14-17-13(8-18-14)12-4-3-5-15-12/h6-8,12,15H,3-5H2,1-2H3. The molecule has 3 rings (SSSR count). The minimum atomic E-state index is 0.457. The van der Waals surface area contributed by atoms with Crippen molar-refractivity contribution in [3.63, 3.8) is 0 Å². The lowest BCUT2D eigenvalue weighted by atomic mass is 10.2. The Balaban J connectivity index is 1.92. The molecule has 3 nitrogen and oxygen atoms in total. The first-order chi connectivity index (χ1) is 8.72. The van der Waals surface area contributed by atoms with Crippen molar-refractivity contribution in [1.82, 2.24) is 15.3 Å². The Labute approximate surface area is 111 Å². The van der Waals surface area contributed by atoms with Gasteiger partial charge in [-0.05, 0) is 45.4 Å². The van der Waals surface area contributed by atoms with Gasteiger partial charge in [-0.2, -0.15) is 0 Å². The van der Waals surface area contributed by atoms with Crippen LogP contribution in [0.4, 0.5) is 0 Å². The number of aryl methyl sites for hydroxylation is 2. The van der Waals surface area contributed by atoms with Gasteiger partial charge in [-0.3, -0.25) is 4.98 Å². The van der Waals surface area contributed by atoms with E-state index in [9.17, 15) is 0 Å². The van der Waals surface area contributed by atoms with E-state index < -0.39 is 0 Å². The van der Waals surface area contributed by atoms with Crippen LogP contribution in [0.1, 0.15) is 36.0 Å². The van der Waals surface area contributed by atoms with Gasteiger partial charge in [0.25, 0.3) is 0 Å². The van der Waals surface area contributed by atoms with E-state index >= 15 is 0 Å². The van der Waals surface area contributed by atoms with E-state index in [-0.39, 0.29) is 0 Å². The Morgan fingerprint density at radius 3 is 2.67 bits per heavy atom. The van der Waals surface area contributed by atoms with Gasteiger partial charge in [0, 0.05) is 22.3 Å². The van der Waals surface area contributed by atoms with Crippen molar-refractivity contribution in [3.05, 3.63) is 34.6 Å². The number of thiazole rings is 1. The molecule has 1 aliphatic rings. The fourth-order valence-electron chi connectivity index (χ4n) is 2.47. The van der Waals surface area contributed by atoms with Gasteiger partial charge in [0.2, 0.25) is 0 Å². The van der Waals surface area contributed by atoms with Gasteiger partial charge in [0.1, 0.15) is 5.01 Å². The van der Waals surface area contributed by atoms with Gasteiger partial charge in [-0.15, -0.1) is 11.3 Å². The number of nitrogens with one attached hydrogen (secondary N) is 1. The first-order valence-electron chi connectivity index (χ1n) is 6.37. The van der Waals surface area contributed by atoms with Crippen LogP contribution >= 0.6 is 11.3 Å². The van der Waals surface area contributed by atoms with Crippen LogP contribution in [-0.4, -0.2) is 16.5 Å². The van der Waals surface area contributed by atoms with Crippen LogP contribution in [0.5, 0.6) is 0 Å². The summed E-state index contributed by atoms with van der Waals surface area (Å²) in [6.07, 6.45) is 2.46. The average molecular weight is 259 g/mol. The van der Waals surface area contributed by atoms with Crippen molar-refractivity contribution in [1.29, 1.82) is 0 Å². The molecule has 3 heterocycles. The molecule has 0 radical (unpaired) electrons. The van der Waals surface area contributed by atoms with Crippen molar-refractivity contribution < 1.29 is 0 Å². The molecule has 2 aromatic rings. The summed E-state index contributed by atoms with van der Waals surface area (Å²) in [6.45, 7) is 5.18. The SMILES string of the molecule is Cc1cc(-c2nc(C3CCCN3)cs2)cc(C)n1. The van der Waals surface area contributed by atoms with Gasteiger partial charge in [0.05, 0.1) is 11.7 Å². The van der Waals surface area contributed by atoms with Crippen molar-refractivity contribution in [2.24, 2.45) is 0 Å². The molecule has 18 heavy (non-hydrogen) atoms. The van der Waals surface area contributed by atoms with E-state index in [0.29, 0.717) is 6.04 Å². The van der Waals surface area contributed by atoms with E-state index in [1.165, 1.54) is 24.1 Å². The summed E-state index contributed by atoms with van der Waals surface area (Å²) in [5.74, 6) is 0. The lowest BCUT2D eigenvalue weighted by Crippen LogP contribution is -2.12. The third kappa shape index (κ3) is 2.31. The third-order valence-corrected chi connectivity index (χ3v) is 4.18. The second-order valence-corrected chi connectivity index (χ2v) is 5.72. The van der Waals surface area contributed by atoms with E-state index in [0.717, 1.165) is 22.9 Å². The van der Waals surface area contributed by atoms with Crippen molar-refractivity contribution in [2.75, 3.05) is 6.54 Å². The van der Waals surface area contributed by atoms with Crippen LogP contribution in [0.25, 0.3) is 10.6 Å². The Hall–Kier alpha value is -1.26. The van der Waals surface area contributed by atoms with Crippen LogP contribution < -0.4 is 5.32 Å². The highest BCUT2D eigenvalue weighted by molar-refractivity contribution is 7.13. The summed E-state index contributed by atoms with van der Waals surface area (Å²) in [4.78, 5) is 9.18. The predicted molar refractivity (Wildman–Crippen MR) is 74.8 cm³/mol. The minimum absolute atomic E-state index is 0.457. The summed E-state index contributed by atoms with van der Waals surface area (Å²) in [6, 6.07) is 4.68. The fraction of sp³-hybridized carbons (Fsp3) is 0.429. The molecule has 2 aromatic heterocycles. The third-order valence-electron chi connectivity index (χ3n) is 3.27. The highest BCUT2D eigenvalue weighted by Gasteiger charge is 2.19. The minimum Gasteiger partial charge on any atom is -0.309 e. The molecule has 1 aliphatic heterocycles. The maximum atomic E-state index is 4.77. The molecule has 4 heteroatoms. The second-order valence-electron chi connectivity index (χ2n) is 4.87. The van der Waals surface area contributed by atoms with Crippen LogP contribution in [-0.2, 0) is 0 Å². The van der Waals surface area contributed by atoms with Crippen LogP contribution in [0.15, 0.2) is 17.5 Å². The van der Waals surface area contributed by atoms with Gasteiger partial charge in [0.15, 0.2) is 0 Å². The molecule has 0 aliphatic carbocycles. The van der Waals surface area contributed by atoms with Gasteiger partial charge < -0.3 is 5.32 Å². The second kappa shape index (κ2) is 4.78. The molecule has 1 saturated heterocycles. The number of hydrogen-bond acceptors (Lipinski definition) is 4. The van der Waals surface area contributed by atoms with Gasteiger partial charge in [-0.1, -0.05) is 0 Å². The van der Waals surface area contributed by atoms with Gasteiger partial charge >= 0.3 is 0 Å². The lowest BCUT2D eigenvalue weighted by molar-refractivity contribution is 0.632. The Kier molecular flexibility index (Phi) is 3.14. The predicted octanol–water partition coefficient (Wildman–Crippen LogP) is 3.25. The maximum Gasteiger partial charge on any atom is 0.123 e. The number of pyridine rings is 1. The largest absolute Gasteiger partial charge is 0.309 e. The summed E-state index contributed by atoms with van der Waals surface area (Å²) in [5, 5.41) is 6.78. The zero-order valence-electron chi connectivity index (χ0n) is 10.7. The molecular weight excluding hydrogens is 242 g/mol. The smallest absolute Gasteiger partial charge is 0.123 e. The van der Waals surface area contributed by atoms with E-state index in [2.05, 4.69) is 27.8 Å². The molecule has 0 bridgehead atoms. The van der Waals surface area contributed by atoms with E-state index in [4.69, 9.17) is 4.98 Å². The van der Waals surface area contributed by atoms with Crippen molar-refractivity contribution in [2.45, 2.75) is 32.7 Å². The highest BCUT2D eigenvalue weighted by atomic mass is 32.1. The first kappa shape index (κ1) is 11.8. The summed E-state index contributed by atoms with van der Waals surface area (Å²) in [7, 11) is 0. The van der Waals surface area contributed by atoms with E-state index in [1.54, 1.807) is 11.3 Å². The molecule has 0 amide bonds. The Morgan fingerprint density at radius 1 is 1.22 bits per heavy atom. The molecule has 1 fully saturated rings. The quantitative estimate of drug-likeness (QED) is 0.899. The fourth-order valence-corrected chi connectivity index (χ4v) is 3.34. The normalized spacial score (nSPS) is 19.3. The Bertz CT molecular complexity index is 536. The summed E-state index contributed by atoms with van der Waals surface area (Å²) < 4.78 is 0. The monoisotopic (exact) mass is 259 g/mol. The van der Waals surface area contributed by atoms with Crippen LogP contribution in [0, 0.1) is 13.8 Å². The Morgan fingerprint density at radius 2 is 2.00 bits per heavy atom. The van der Waals surface area contributed by atoms with Crippen LogP contribution in [0.2, 0.25) is 0 Å². The number of aromatic nitrogens is 2. The number of hydrogen-bond donors (Lipinski definition) is 1. The molecule has 1 N–H and O–H groups in total. The summed E-state index contributed by atoms with van der Waals surface area (Å²) >= 11 is 1.73. The van der Waals surface area contributed by atoms with Gasteiger partial charge in [-0.25, -0.2) is 4.98 Å². The number of nitrogens with zero attached hydrogens (tertiary/aromatic N) is 2. The summed E-state index contributed by atoms with van der Waals surface area (Å²) in [5.41, 5.74) is 4.50. The molecule has 0 saturated carbocycles. The molecule has 0 spiro atoms. The maximum absolute atomic E-state index is 4.77. The zero-order valence-corrected chi connectivity index (χ0v) is 11.5. The molecular formula is C14H17N3S. The topological polar surface area (TPSA) is 37.8 Å². The molecule has 1 unspecified atom stereocenters. The lowest BCUT2D eigenvalue weighted by Gasteiger charge is -2.05. The first-order valence-corrected chi connectivity index (χ1v) is 7.25. The van der Waals surface area contributed by atoms with Crippen molar-refractivity contribution in [3.8, 4) is 10.6 Å².